The minimum Gasteiger partial charge on any atom is -0.504 e. The molecule has 0 amide bonds. The van der Waals surface area contributed by atoms with E-state index in [2.05, 4.69) is 5.32 Å². The number of rotatable bonds is 12. The van der Waals surface area contributed by atoms with Crippen LogP contribution in [0.4, 0.5) is 0 Å². The number of phenols is 4. The second kappa shape index (κ2) is 12.8. The first-order valence-electron chi connectivity index (χ1n) is 10.0. The summed E-state index contributed by atoms with van der Waals surface area (Å²) in [5.41, 5.74) is -0.318. The fourth-order valence-corrected chi connectivity index (χ4v) is 2.58. The zero-order valence-corrected chi connectivity index (χ0v) is 17.7. The molecular formula is C22H25NO10. The lowest BCUT2D eigenvalue weighted by Gasteiger charge is -2.09. The van der Waals surface area contributed by atoms with Crippen molar-refractivity contribution < 1.29 is 49.0 Å². The molecule has 0 aliphatic carbocycles. The van der Waals surface area contributed by atoms with E-state index in [1.54, 1.807) is 0 Å². The number of aromatic hydroxyl groups is 4. The van der Waals surface area contributed by atoms with Crippen molar-refractivity contribution >= 4 is 17.9 Å². The van der Waals surface area contributed by atoms with E-state index in [0.29, 0.717) is 6.54 Å². The van der Waals surface area contributed by atoms with E-state index in [0.717, 1.165) is 0 Å². The summed E-state index contributed by atoms with van der Waals surface area (Å²) in [4.78, 5) is 35.3. The van der Waals surface area contributed by atoms with Crippen molar-refractivity contribution in [3.05, 3.63) is 47.5 Å². The lowest BCUT2D eigenvalue weighted by molar-refractivity contribution is -0.143. The third-order valence-corrected chi connectivity index (χ3v) is 4.28. The van der Waals surface area contributed by atoms with Gasteiger partial charge in [-0.05, 0) is 30.7 Å². The van der Waals surface area contributed by atoms with Crippen LogP contribution in [-0.2, 0) is 19.0 Å². The fourth-order valence-electron chi connectivity index (χ4n) is 2.58. The Morgan fingerprint density at radius 3 is 1.73 bits per heavy atom. The third-order valence-electron chi connectivity index (χ3n) is 4.28. The van der Waals surface area contributed by atoms with Gasteiger partial charge in [0.15, 0.2) is 23.0 Å². The van der Waals surface area contributed by atoms with E-state index in [1.807, 2.05) is 0 Å². The average molecular weight is 463 g/mol. The molecule has 11 heteroatoms. The highest BCUT2D eigenvalue weighted by molar-refractivity contribution is 5.93. The first kappa shape index (κ1) is 25.3. The van der Waals surface area contributed by atoms with Crippen molar-refractivity contribution in [1.29, 1.82) is 0 Å². The normalized spacial score (nSPS) is 10.4. The van der Waals surface area contributed by atoms with Gasteiger partial charge >= 0.3 is 17.9 Å². The van der Waals surface area contributed by atoms with Crippen LogP contribution in [0.1, 0.15) is 33.6 Å². The Bertz CT molecular complexity index is 976. The molecule has 0 saturated carbocycles. The Hall–Kier alpha value is -3.99. The van der Waals surface area contributed by atoms with Crippen molar-refractivity contribution in [3.63, 3.8) is 0 Å². The molecule has 2 aromatic rings. The molecule has 0 heterocycles. The molecule has 0 atom stereocenters. The Morgan fingerprint density at radius 2 is 1.18 bits per heavy atom. The van der Waals surface area contributed by atoms with Crippen LogP contribution in [0.2, 0.25) is 0 Å². The van der Waals surface area contributed by atoms with Gasteiger partial charge in [-0.25, -0.2) is 9.59 Å². The van der Waals surface area contributed by atoms with Gasteiger partial charge in [-0.1, -0.05) is 12.1 Å². The summed E-state index contributed by atoms with van der Waals surface area (Å²) in [6, 6.07) is 7.89. The highest BCUT2D eigenvalue weighted by atomic mass is 16.5. The minimum absolute atomic E-state index is 0.00197. The molecule has 11 nitrogen and oxygen atoms in total. The molecular weight excluding hydrogens is 438 g/mol. The van der Waals surface area contributed by atoms with Crippen molar-refractivity contribution in [2.24, 2.45) is 0 Å². The van der Waals surface area contributed by atoms with E-state index in [1.165, 1.54) is 36.4 Å². The highest BCUT2D eigenvalue weighted by Crippen LogP contribution is 2.29. The smallest absolute Gasteiger partial charge is 0.342 e. The summed E-state index contributed by atoms with van der Waals surface area (Å²) in [7, 11) is 0. The maximum absolute atomic E-state index is 11.8. The van der Waals surface area contributed by atoms with Crippen LogP contribution in [0, 0.1) is 0 Å². The molecule has 5 N–H and O–H groups in total. The van der Waals surface area contributed by atoms with Gasteiger partial charge in [0.1, 0.15) is 24.3 Å². The Morgan fingerprint density at radius 1 is 0.697 bits per heavy atom. The Labute approximate surface area is 189 Å². The molecule has 0 aliphatic heterocycles. The van der Waals surface area contributed by atoms with Crippen LogP contribution in [-0.4, -0.2) is 71.2 Å². The number of hydrogen-bond acceptors (Lipinski definition) is 11. The largest absolute Gasteiger partial charge is 0.504 e. The number of nitrogens with one attached hydrogen (secondary N) is 1. The van der Waals surface area contributed by atoms with Gasteiger partial charge in [-0.2, -0.15) is 0 Å². The number of esters is 3. The average Bonchev–Trinajstić information content (AvgIpc) is 2.79. The number of ether oxygens (including phenoxy) is 3. The van der Waals surface area contributed by atoms with Crippen LogP contribution in [0.15, 0.2) is 36.4 Å². The van der Waals surface area contributed by atoms with Crippen molar-refractivity contribution in [2.45, 2.75) is 12.8 Å². The van der Waals surface area contributed by atoms with E-state index in [9.17, 15) is 34.8 Å². The molecule has 0 unspecified atom stereocenters. The first-order chi connectivity index (χ1) is 15.8. The summed E-state index contributed by atoms with van der Waals surface area (Å²) >= 11 is 0. The second-order valence-electron chi connectivity index (χ2n) is 6.69. The number of benzene rings is 2. The van der Waals surface area contributed by atoms with Gasteiger partial charge in [-0.15, -0.1) is 0 Å². The first-order valence-corrected chi connectivity index (χ1v) is 10.0. The van der Waals surface area contributed by atoms with Crippen molar-refractivity contribution in [1.82, 2.24) is 5.32 Å². The lowest BCUT2D eigenvalue weighted by atomic mass is 10.2. The van der Waals surface area contributed by atoms with E-state index in [4.69, 9.17) is 14.2 Å². The predicted molar refractivity (Wildman–Crippen MR) is 113 cm³/mol. The zero-order chi connectivity index (χ0) is 24.2. The molecule has 178 valence electrons. The molecule has 0 radical (unpaired) electrons. The van der Waals surface area contributed by atoms with Crippen LogP contribution in [0.5, 0.6) is 23.0 Å². The summed E-state index contributed by atoms with van der Waals surface area (Å²) in [6.07, 6.45) is 0.236. The molecule has 0 spiro atoms. The van der Waals surface area contributed by atoms with Gasteiger partial charge in [-0.3, -0.25) is 4.79 Å². The van der Waals surface area contributed by atoms with Crippen molar-refractivity contribution in [2.75, 3.05) is 32.9 Å². The zero-order valence-electron chi connectivity index (χ0n) is 17.7. The lowest BCUT2D eigenvalue weighted by Crippen LogP contribution is -2.26. The Balaban J connectivity index is 1.51. The number of carbonyl (C=O) groups excluding carboxylic acids is 3. The molecule has 0 bridgehead atoms. The number of carbonyl (C=O) groups is 3. The minimum atomic E-state index is -0.819. The topological polar surface area (TPSA) is 172 Å². The number of phenolic OH excluding ortho intramolecular Hbond substituents is 4. The standard InChI is InChI=1S/C22H25NO10/c24-16-6-1-4-14(19(16)27)21(29)32-11-3-8-18(26)31-12-9-23-10-13-33-22(30)15-5-2-7-17(25)20(15)28/h1-2,4-7,23-25,27-28H,3,8-13H2. The third kappa shape index (κ3) is 7.89. The summed E-state index contributed by atoms with van der Waals surface area (Å²) in [5, 5.41) is 40.9. The van der Waals surface area contributed by atoms with Crippen LogP contribution in [0.3, 0.4) is 0 Å². The molecule has 2 rings (SSSR count). The molecule has 0 aliphatic rings. The van der Waals surface area contributed by atoms with E-state index < -0.39 is 40.9 Å². The van der Waals surface area contributed by atoms with Crippen LogP contribution in [0.25, 0.3) is 0 Å². The summed E-state index contributed by atoms with van der Waals surface area (Å²) in [6.45, 7) is 0.605. The second-order valence-corrected chi connectivity index (χ2v) is 6.69. The number of hydrogen-bond donors (Lipinski definition) is 5. The van der Waals surface area contributed by atoms with Crippen LogP contribution >= 0.6 is 0 Å². The fraction of sp³-hybridized carbons (Fsp3) is 0.318. The molecule has 33 heavy (non-hydrogen) atoms. The van der Waals surface area contributed by atoms with Gasteiger partial charge in [0, 0.05) is 19.5 Å². The summed E-state index contributed by atoms with van der Waals surface area (Å²) < 4.78 is 14.9. The molecule has 0 fully saturated rings. The molecule has 2 aromatic carbocycles. The maximum atomic E-state index is 11.8. The maximum Gasteiger partial charge on any atom is 0.342 e. The predicted octanol–water partition coefficient (Wildman–Crippen LogP) is 1.44. The quantitative estimate of drug-likeness (QED) is 0.133. The van der Waals surface area contributed by atoms with Crippen LogP contribution < -0.4 is 5.32 Å². The SMILES string of the molecule is O=C(CCCOC(=O)c1cccc(O)c1O)OCCNCCOC(=O)c1cccc(O)c1O. The molecule has 0 saturated heterocycles. The highest BCUT2D eigenvalue weighted by Gasteiger charge is 2.16. The van der Waals surface area contributed by atoms with Crippen molar-refractivity contribution in [3.8, 4) is 23.0 Å². The van der Waals surface area contributed by atoms with Gasteiger partial charge in [0.2, 0.25) is 0 Å². The van der Waals surface area contributed by atoms with Gasteiger partial charge in [0.25, 0.3) is 0 Å². The Kier molecular flexibility index (Phi) is 9.78. The summed E-state index contributed by atoms with van der Waals surface area (Å²) in [5.74, 6) is -4.05. The van der Waals surface area contributed by atoms with Gasteiger partial charge < -0.3 is 40.0 Å². The van der Waals surface area contributed by atoms with E-state index in [-0.39, 0.29) is 50.3 Å². The van der Waals surface area contributed by atoms with Gasteiger partial charge in [0.05, 0.1) is 6.61 Å². The molecule has 0 aromatic heterocycles. The monoisotopic (exact) mass is 463 g/mol. The number of para-hydroxylation sites is 2. The van der Waals surface area contributed by atoms with E-state index >= 15 is 0 Å².